The van der Waals surface area contributed by atoms with Crippen LogP contribution in [0.25, 0.3) is 0 Å². The fourth-order valence-electron chi connectivity index (χ4n) is 4.84. The maximum atomic E-state index is 13.1. The summed E-state index contributed by atoms with van der Waals surface area (Å²) in [6, 6.07) is 7.71. The van der Waals surface area contributed by atoms with E-state index in [0.717, 1.165) is 49.6 Å². The fourth-order valence-corrected chi connectivity index (χ4v) is 4.84. The molecule has 1 saturated heterocycles. The van der Waals surface area contributed by atoms with Crippen molar-refractivity contribution >= 4 is 5.91 Å². The minimum Gasteiger partial charge on any atom is -0.497 e. The summed E-state index contributed by atoms with van der Waals surface area (Å²) in [5.74, 6) is 1.60. The Morgan fingerprint density at radius 2 is 2.15 bits per heavy atom. The van der Waals surface area contributed by atoms with Crippen LogP contribution in [0.3, 0.4) is 0 Å². The summed E-state index contributed by atoms with van der Waals surface area (Å²) in [7, 11) is 3.57. The van der Waals surface area contributed by atoms with Gasteiger partial charge in [-0.25, -0.2) is 4.98 Å². The Morgan fingerprint density at radius 3 is 2.91 bits per heavy atom. The van der Waals surface area contributed by atoms with Crippen LogP contribution in [-0.4, -0.2) is 56.4 Å². The standard InChI is InChI=1S/C24H30N6O3/c1-28-15-19(14-27-28)16-29-9-6-24(7-10-29)23-25-8-11-30(23)17-21(33-24)22(31)26-13-18-4-3-5-20(12-18)32-2/h3-5,8,11-12,14-15,21H,6-7,9-10,13,16-17H2,1-2H3,(H,26,31)/t21-/m0/s1. The molecule has 0 radical (unpaired) electrons. The van der Waals surface area contributed by atoms with Crippen LogP contribution >= 0.6 is 0 Å². The zero-order valence-electron chi connectivity index (χ0n) is 19.1. The number of benzene rings is 1. The van der Waals surface area contributed by atoms with Crippen LogP contribution < -0.4 is 10.1 Å². The van der Waals surface area contributed by atoms with Crippen molar-refractivity contribution in [3.63, 3.8) is 0 Å². The molecule has 0 aliphatic carbocycles. The molecule has 33 heavy (non-hydrogen) atoms. The lowest BCUT2D eigenvalue weighted by molar-refractivity contribution is -0.174. The SMILES string of the molecule is COc1cccc(CNC(=O)[C@@H]2Cn3ccnc3C3(CCN(Cc4cnn(C)c4)CC3)O2)c1. The lowest BCUT2D eigenvalue weighted by Gasteiger charge is -2.45. The predicted molar refractivity (Wildman–Crippen MR) is 121 cm³/mol. The number of hydrogen-bond donors (Lipinski definition) is 1. The summed E-state index contributed by atoms with van der Waals surface area (Å²) in [4.78, 5) is 20.1. The van der Waals surface area contributed by atoms with Crippen LogP contribution in [0.2, 0.25) is 0 Å². The summed E-state index contributed by atoms with van der Waals surface area (Å²) >= 11 is 0. The van der Waals surface area contributed by atoms with Gasteiger partial charge in [0.15, 0.2) is 6.10 Å². The minimum atomic E-state index is -0.554. The first-order valence-electron chi connectivity index (χ1n) is 11.3. The fraction of sp³-hybridized carbons (Fsp3) is 0.458. The van der Waals surface area contributed by atoms with E-state index in [4.69, 9.17) is 9.47 Å². The zero-order chi connectivity index (χ0) is 22.8. The Morgan fingerprint density at radius 1 is 1.30 bits per heavy atom. The van der Waals surface area contributed by atoms with Crippen LogP contribution in [0.15, 0.2) is 49.1 Å². The largest absolute Gasteiger partial charge is 0.497 e. The Bertz CT molecular complexity index is 1110. The number of piperidine rings is 1. The number of hydrogen-bond acceptors (Lipinski definition) is 6. The molecule has 2 aromatic heterocycles. The molecular formula is C24H30N6O3. The van der Waals surface area contributed by atoms with Crippen LogP contribution in [0, 0.1) is 0 Å². The first kappa shape index (κ1) is 21.7. The van der Waals surface area contributed by atoms with E-state index in [1.54, 1.807) is 13.3 Å². The second-order valence-electron chi connectivity index (χ2n) is 8.87. The Kier molecular flexibility index (Phi) is 5.90. The Labute approximate surface area is 193 Å². The number of aryl methyl sites for hydroxylation is 1. The molecule has 4 heterocycles. The smallest absolute Gasteiger partial charge is 0.251 e. The number of nitrogens with one attached hydrogen (secondary N) is 1. The molecule has 0 bridgehead atoms. The summed E-state index contributed by atoms with van der Waals surface area (Å²) in [6.45, 7) is 3.52. The molecule has 1 atom stereocenters. The van der Waals surface area contributed by atoms with E-state index < -0.39 is 11.7 Å². The Balaban J connectivity index is 1.25. The average molecular weight is 451 g/mol. The third-order valence-electron chi connectivity index (χ3n) is 6.57. The minimum absolute atomic E-state index is 0.102. The van der Waals surface area contributed by atoms with Crippen molar-refractivity contribution in [2.24, 2.45) is 7.05 Å². The van der Waals surface area contributed by atoms with Crippen molar-refractivity contribution in [2.75, 3.05) is 20.2 Å². The van der Waals surface area contributed by atoms with Gasteiger partial charge < -0.3 is 19.4 Å². The highest BCUT2D eigenvalue weighted by Crippen LogP contribution is 2.40. The second kappa shape index (κ2) is 8.99. The third-order valence-corrected chi connectivity index (χ3v) is 6.57. The number of likely N-dealkylation sites (tertiary alicyclic amines) is 1. The van der Waals surface area contributed by atoms with Crippen LogP contribution in [0.5, 0.6) is 5.75 Å². The van der Waals surface area contributed by atoms with E-state index in [-0.39, 0.29) is 5.91 Å². The average Bonchev–Trinajstić information content (AvgIpc) is 3.48. The number of nitrogens with zero attached hydrogens (tertiary/aromatic N) is 5. The summed E-state index contributed by atoms with van der Waals surface area (Å²) in [5.41, 5.74) is 1.65. The topological polar surface area (TPSA) is 86.4 Å². The van der Waals surface area contributed by atoms with Gasteiger partial charge in [0.1, 0.15) is 17.2 Å². The van der Waals surface area contributed by atoms with E-state index >= 15 is 0 Å². The van der Waals surface area contributed by atoms with Crippen molar-refractivity contribution in [3.05, 3.63) is 66.0 Å². The molecule has 9 heteroatoms. The quantitative estimate of drug-likeness (QED) is 0.617. The molecule has 5 rings (SSSR count). The highest BCUT2D eigenvalue weighted by atomic mass is 16.5. The lowest BCUT2D eigenvalue weighted by Crippen LogP contribution is -2.53. The van der Waals surface area contributed by atoms with E-state index in [9.17, 15) is 4.79 Å². The predicted octanol–water partition coefficient (Wildman–Crippen LogP) is 1.83. The molecule has 1 fully saturated rings. The number of fused-ring (bicyclic) bond motifs is 2. The number of rotatable bonds is 6. The first-order chi connectivity index (χ1) is 16.0. The second-order valence-corrected chi connectivity index (χ2v) is 8.87. The molecule has 9 nitrogen and oxygen atoms in total. The van der Waals surface area contributed by atoms with Crippen molar-refractivity contribution in [1.29, 1.82) is 0 Å². The van der Waals surface area contributed by atoms with E-state index in [2.05, 4.69) is 31.1 Å². The third kappa shape index (κ3) is 4.51. The first-order valence-corrected chi connectivity index (χ1v) is 11.3. The monoisotopic (exact) mass is 450 g/mol. The molecule has 1 aromatic carbocycles. The van der Waals surface area contributed by atoms with E-state index in [0.29, 0.717) is 13.1 Å². The maximum absolute atomic E-state index is 13.1. The van der Waals surface area contributed by atoms with Crippen molar-refractivity contribution in [2.45, 2.75) is 44.2 Å². The van der Waals surface area contributed by atoms with Crippen LogP contribution in [-0.2, 0) is 41.8 Å². The lowest BCUT2D eigenvalue weighted by atomic mass is 9.88. The van der Waals surface area contributed by atoms with Gasteiger partial charge in [0.05, 0.1) is 19.9 Å². The van der Waals surface area contributed by atoms with Crippen molar-refractivity contribution in [1.82, 2.24) is 29.5 Å². The maximum Gasteiger partial charge on any atom is 0.251 e. The highest BCUT2D eigenvalue weighted by molar-refractivity contribution is 5.81. The molecule has 1 amide bonds. The number of ether oxygens (including phenoxy) is 2. The molecule has 0 unspecified atom stereocenters. The van der Waals surface area contributed by atoms with Gasteiger partial charge in [-0.05, 0) is 30.5 Å². The highest BCUT2D eigenvalue weighted by Gasteiger charge is 2.47. The number of imidazole rings is 1. The van der Waals surface area contributed by atoms with E-state index in [1.807, 2.05) is 48.4 Å². The molecule has 1 N–H and O–H groups in total. The van der Waals surface area contributed by atoms with Gasteiger partial charge in [0.2, 0.25) is 0 Å². The van der Waals surface area contributed by atoms with Gasteiger partial charge in [0.25, 0.3) is 5.91 Å². The van der Waals surface area contributed by atoms with Crippen LogP contribution in [0.4, 0.5) is 0 Å². The van der Waals surface area contributed by atoms with Gasteiger partial charge in [0, 0.05) is 57.4 Å². The van der Waals surface area contributed by atoms with Gasteiger partial charge in [-0.3, -0.25) is 14.4 Å². The molecule has 1 spiro atoms. The van der Waals surface area contributed by atoms with Gasteiger partial charge in [-0.15, -0.1) is 0 Å². The molecular weight excluding hydrogens is 420 g/mol. The summed E-state index contributed by atoms with van der Waals surface area (Å²) in [6.07, 6.45) is 8.76. The molecule has 0 saturated carbocycles. The van der Waals surface area contributed by atoms with E-state index in [1.165, 1.54) is 5.56 Å². The number of carbonyl (C=O) groups is 1. The summed E-state index contributed by atoms with van der Waals surface area (Å²) < 4.78 is 15.7. The Hall–Kier alpha value is -3.17. The number of aromatic nitrogens is 4. The normalized spacial score (nSPS) is 19.9. The zero-order valence-corrected chi connectivity index (χ0v) is 19.1. The van der Waals surface area contributed by atoms with Crippen LogP contribution in [0.1, 0.15) is 29.8 Å². The van der Waals surface area contributed by atoms with Gasteiger partial charge in [-0.2, -0.15) is 5.10 Å². The molecule has 174 valence electrons. The molecule has 3 aromatic rings. The van der Waals surface area contributed by atoms with Gasteiger partial charge in [-0.1, -0.05) is 12.1 Å². The number of carbonyl (C=O) groups excluding carboxylic acids is 1. The molecule has 2 aliphatic rings. The molecule has 2 aliphatic heterocycles. The number of amides is 1. The number of methoxy groups -OCH3 is 1. The summed E-state index contributed by atoms with van der Waals surface area (Å²) in [5, 5.41) is 7.30. The van der Waals surface area contributed by atoms with Crippen molar-refractivity contribution < 1.29 is 14.3 Å². The van der Waals surface area contributed by atoms with Crippen molar-refractivity contribution in [3.8, 4) is 5.75 Å². The van der Waals surface area contributed by atoms with Gasteiger partial charge >= 0.3 is 0 Å².